The van der Waals surface area contributed by atoms with Crippen LogP contribution in [0.1, 0.15) is 42.1 Å². The number of hydrogen-bond donors (Lipinski definition) is 2. The fourth-order valence-electron chi connectivity index (χ4n) is 3.62. The van der Waals surface area contributed by atoms with Crippen LogP contribution in [0.2, 0.25) is 5.02 Å². The van der Waals surface area contributed by atoms with Crippen LogP contribution in [-0.2, 0) is 11.4 Å². The number of nitrogens with one attached hydrogen (secondary N) is 2. The van der Waals surface area contributed by atoms with Gasteiger partial charge in [-0.25, -0.2) is 18.5 Å². The van der Waals surface area contributed by atoms with E-state index >= 15 is 4.39 Å². The number of halogens is 3. The fourth-order valence-corrected chi connectivity index (χ4v) is 4.72. The Balaban J connectivity index is 1.68. The number of pyridine rings is 1. The molecule has 0 saturated heterocycles. The van der Waals surface area contributed by atoms with Crippen molar-refractivity contribution in [3.8, 4) is 11.1 Å². The Morgan fingerprint density at radius 3 is 2.65 bits per heavy atom. The van der Waals surface area contributed by atoms with Crippen LogP contribution in [0.4, 0.5) is 14.5 Å². The Labute approximate surface area is 203 Å². The molecule has 0 radical (unpaired) electrons. The minimum absolute atomic E-state index is 0.0809. The molecule has 0 fully saturated rings. The molecule has 0 aliphatic heterocycles. The monoisotopic (exact) mass is 501 g/mol. The number of rotatable bonds is 9. The van der Waals surface area contributed by atoms with E-state index in [1.54, 1.807) is 24.4 Å². The summed E-state index contributed by atoms with van der Waals surface area (Å²) in [7, 11) is 0. The Kier molecular flexibility index (Phi) is 7.50. The summed E-state index contributed by atoms with van der Waals surface area (Å²) in [5.41, 5.74) is 1.14. The number of carbonyl (C=O) groups excluding carboxylic acids is 1. The van der Waals surface area contributed by atoms with Gasteiger partial charge in [-0.15, -0.1) is 0 Å². The van der Waals surface area contributed by atoms with Gasteiger partial charge in [0.25, 0.3) is 0 Å². The first-order valence-electron chi connectivity index (χ1n) is 10.8. The van der Waals surface area contributed by atoms with Crippen molar-refractivity contribution in [2.45, 2.75) is 26.2 Å². The van der Waals surface area contributed by atoms with Gasteiger partial charge in [-0.2, -0.15) is 0 Å². The third-order valence-corrected chi connectivity index (χ3v) is 6.79. The van der Waals surface area contributed by atoms with Crippen LogP contribution >= 0.6 is 11.6 Å². The van der Waals surface area contributed by atoms with Gasteiger partial charge in [-0.05, 0) is 48.7 Å². The predicted octanol–water partition coefficient (Wildman–Crippen LogP) is 6.66. The van der Waals surface area contributed by atoms with Gasteiger partial charge >= 0.3 is 0 Å². The van der Waals surface area contributed by atoms with Crippen LogP contribution in [0.25, 0.3) is 22.2 Å². The summed E-state index contributed by atoms with van der Waals surface area (Å²) in [6, 6.07) is 11.0. The highest BCUT2D eigenvalue weighted by molar-refractivity contribution is 7.92. The van der Waals surface area contributed by atoms with Crippen molar-refractivity contribution >= 4 is 45.5 Å². The average molecular weight is 502 g/mol. The zero-order valence-corrected chi connectivity index (χ0v) is 19.9. The summed E-state index contributed by atoms with van der Waals surface area (Å²) in [5, 5.41) is 1.01. The number of aromatic nitrogens is 2. The molecule has 2 heterocycles. The van der Waals surface area contributed by atoms with Crippen LogP contribution in [-0.4, -0.2) is 26.1 Å². The molecule has 1 atom stereocenters. The highest BCUT2D eigenvalue weighted by Crippen LogP contribution is 2.30. The predicted molar refractivity (Wildman–Crippen MR) is 132 cm³/mol. The van der Waals surface area contributed by atoms with E-state index in [1.807, 2.05) is 19.1 Å². The number of anilines is 1. The Morgan fingerprint density at radius 2 is 1.91 bits per heavy atom. The van der Waals surface area contributed by atoms with Crippen LogP contribution in [0.5, 0.6) is 0 Å². The van der Waals surface area contributed by atoms with Gasteiger partial charge in [-0.3, -0.25) is 4.79 Å². The summed E-state index contributed by atoms with van der Waals surface area (Å²) < 4.78 is 44.6. The molecule has 4 rings (SSSR count). The fraction of sp³-hybridized carbons (Fsp3) is 0.200. The first-order valence-corrected chi connectivity index (χ1v) is 12.5. The molecule has 0 spiro atoms. The molecule has 2 aromatic heterocycles. The Morgan fingerprint density at radius 1 is 1.15 bits per heavy atom. The van der Waals surface area contributed by atoms with Crippen molar-refractivity contribution in [1.29, 1.82) is 0 Å². The Hall–Kier alpha value is -2.94. The largest absolute Gasteiger partial charge is 0.593 e. The van der Waals surface area contributed by atoms with Gasteiger partial charge in [-0.1, -0.05) is 37.1 Å². The van der Waals surface area contributed by atoms with Crippen molar-refractivity contribution < 1.29 is 18.1 Å². The molecule has 0 aliphatic rings. The number of carbonyl (C=O) groups is 1. The molecule has 4 aromatic rings. The SMILES string of the molecule is CCCCC[S+]([O-])Nc1ccc(F)c(C(=O)c2c[nH]c3ncc(-c4ccc(Cl)cc4)cc23)c1F. The van der Waals surface area contributed by atoms with E-state index < -0.39 is 34.3 Å². The minimum atomic E-state index is -1.55. The summed E-state index contributed by atoms with van der Waals surface area (Å²) in [6.07, 6.45) is 5.59. The van der Waals surface area contributed by atoms with Crippen LogP contribution in [0, 0.1) is 11.6 Å². The lowest BCUT2D eigenvalue weighted by Gasteiger charge is -2.14. The maximum absolute atomic E-state index is 15.2. The van der Waals surface area contributed by atoms with E-state index in [1.165, 1.54) is 6.20 Å². The number of nitrogens with zero attached hydrogens (tertiary/aromatic N) is 1. The third kappa shape index (κ3) is 5.09. The number of aromatic amines is 1. The lowest BCUT2D eigenvalue weighted by Crippen LogP contribution is -2.19. The molecular weight excluding hydrogens is 480 g/mol. The molecule has 5 nitrogen and oxygen atoms in total. The highest BCUT2D eigenvalue weighted by Gasteiger charge is 2.26. The molecule has 34 heavy (non-hydrogen) atoms. The zero-order valence-electron chi connectivity index (χ0n) is 18.3. The average Bonchev–Trinajstić information content (AvgIpc) is 3.25. The number of ketones is 1. The van der Waals surface area contributed by atoms with Crippen molar-refractivity contribution in [1.82, 2.24) is 9.97 Å². The summed E-state index contributed by atoms with van der Waals surface area (Å²) in [5.74, 6) is -2.59. The zero-order chi connectivity index (χ0) is 24.2. The van der Waals surface area contributed by atoms with Gasteiger partial charge in [0.1, 0.15) is 22.9 Å². The lowest BCUT2D eigenvalue weighted by atomic mass is 10.00. The van der Waals surface area contributed by atoms with Crippen LogP contribution in [0.15, 0.2) is 54.9 Å². The second-order valence-corrected chi connectivity index (χ2v) is 9.54. The standard InChI is InChI=1S/C25H22ClF2N3O2S/c1-2-3-4-11-34(33)31-21-10-9-20(27)22(23(21)28)24(32)19-14-30-25-18(19)12-16(13-29-25)15-5-7-17(26)8-6-15/h5-10,12-14,31H,2-4,11H2,1H3,(H,29,30). The van der Waals surface area contributed by atoms with E-state index in [2.05, 4.69) is 14.7 Å². The molecule has 9 heteroatoms. The van der Waals surface area contributed by atoms with E-state index in [4.69, 9.17) is 11.6 Å². The second kappa shape index (κ2) is 10.5. The van der Waals surface area contributed by atoms with Crippen molar-refractivity contribution in [3.63, 3.8) is 0 Å². The number of H-pyrrole nitrogens is 1. The van der Waals surface area contributed by atoms with Crippen molar-refractivity contribution in [2.24, 2.45) is 0 Å². The Bertz CT molecular complexity index is 1330. The molecule has 0 amide bonds. The summed E-state index contributed by atoms with van der Waals surface area (Å²) in [6.45, 7) is 2.02. The quantitative estimate of drug-likeness (QED) is 0.153. The first kappa shape index (κ1) is 24.2. The van der Waals surface area contributed by atoms with Crippen molar-refractivity contribution in [2.75, 3.05) is 10.5 Å². The van der Waals surface area contributed by atoms with Gasteiger partial charge in [0.2, 0.25) is 5.78 Å². The molecule has 2 N–H and O–H groups in total. The normalized spacial score (nSPS) is 12.1. The molecule has 1 unspecified atom stereocenters. The van der Waals surface area contributed by atoms with E-state index in [0.29, 0.717) is 28.2 Å². The van der Waals surface area contributed by atoms with E-state index in [-0.39, 0.29) is 11.3 Å². The van der Waals surface area contributed by atoms with Crippen LogP contribution < -0.4 is 4.72 Å². The first-order chi connectivity index (χ1) is 16.4. The molecule has 0 saturated carbocycles. The molecule has 0 aliphatic carbocycles. The minimum Gasteiger partial charge on any atom is -0.593 e. The molecule has 2 aromatic carbocycles. The topological polar surface area (TPSA) is 80.8 Å². The molecule has 176 valence electrons. The molecular formula is C25H22ClF2N3O2S. The van der Waals surface area contributed by atoms with Gasteiger partial charge in [0.05, 0.1) is 16.9 Å². The van der Waals surface area contributed by atoms with Crippen LogP contribution in [0.3, 0.4) is 0 Å². The number of unbranched alkanes of at least 4 members (excludes halogenated alkanes) is 2. The number of hydrogen-bond acceptors (Lipinski definition) is 4. The van der Waals surface area contributed by atoms with Gasteiger partial charge < -0.3 is 9.54 Å². The van der Waals surface area contributed by atoms with E-state index in [9.17, 15) is 13.7 Å². The maximum atomic E-state index is 15.2. The van der Waals surface area contributed by atoms with Crippen molar-refractivity contribution in [3.05, 3.63) is 82.6 Å². The number of fused-ring (bicyclic) bond motifs is 1. The van der Waals surface area contributed by atoms with Gasteiger partial charge in [0, 0.05) is 33.9 Å². The summed E-state index contributed by atoms with van der Waals surface area (Å²) in [4.78, 5) is 20.5. The number of benzene rings is 2. The third-order valence-electron chi connectivity index (χ3n) is 5.43. The highest BCUT2D eigenvalue weighted by atomic mass is 35.5. The van der Waals surface area contributed by atoms with E-state index in [0.717, 1.165) is 36.1 Å². The second-order valence-electron chi connectivity index (χ2n) is 7.80. The maximum Gasteiger partial charge on any atom is 0.201 e. The van der Waals surface area contributed by atoms with Gasteiger partial charge in [0.15, 0.2) is 5.82 Å². The smallest absolute Gasteiger partial charge is 0.201 e. The lowest BCUT2D eigenvalue weighted by molar-refractivity contribution is 0.103. The summed E-state index contributed by atoms with van der Waals surface area (Å²) >= 11 is 4.41. The molecule has 0 bridgehead atoms.